The zero-order valence-electron chi connectivity index (χ0n) is 11.6. The summed E-state index contributed by atoms with van der Waals surface area (Å²) in [5, 5.41) is 0. The third-order valence-corrected chi connectivity index (χ3v) is 3.94. The Labute approximate surface area is 113 Å². The number of anilines is 1. The van der Waals surface area contributed by atoms with Gasteiger partial charge in [0, 0.05) is 29.9 Å². The van der Waals surface area contributed by atoms with E-state index in [0.717, 1.165) is 32.4 Å². The molecule has 1 aromatic carbocycles. The number of benzene rings is 1. The highest BCUT2D eigenvalue weighted by molar-refractivity contribution is 5.95. The van der Waals surface area contributed by atoms with Crippen molar-refractivity contribution in [2.45, 2.75) is 33.1 Å². The number of nitrogens with zero attached hydrogens (tertiary/aromatic N) is 1. The van der Waals surface area contributed by atoms with Crippen LogP contribution in [0.4, 0.5) is 10.1 Å². The molecule has 0 spiro atoms. The van der Waals surface area contributed by atoms with E-state index in [0.29, 0.717) is 22.7 Å². The maximum absolute atomic E-state index is 13.7. The van der Waals surface area contributed by atoms with E-state index in [1.807, 2.05) is 4.90 Å². The van der Waals surface area contributed by atoms with Gasteiger partial charge in [0.05, 0.1) is 0 Å². The molecule has 0 saturated carbocycles. The van der Waals surface area contributed by atoms with Crippen LogP contribution < -0.4 is 5.73 Å². The number of halogens is 1. The molecular formula is C15H21FN2O. The fourth-order valence-corrected chi connectivity index (χ4v) is 2.47. The third-order valence-electron chi connectivity index (χ3n) is 3.94. The highest BCUT2D eigenvalue weighted by Crippen LogP contribution is 2.21. The molecule has 1 unspecified atom stereocenters. The molecule has 0 radical (unpaired) electrons. The molecule has 1 aromatic rings. The van der Waals surface area contributed by atoms with Crippen molar-refractivity contribution in [2.75, 3.05) is 18.8 Å². The molecule has 1 saturated heterocycles. The number of carbonyl (C=O) groups excluding carboxylic acids is 1. The first-order valence-electron chi connectivity index (χ1n) is 6.84. The van der Waals surface area contributed by atoms with Crippen LogP contribution >= 0.6 is 0 Å². The Bertz CT molecular complexity index is 464. The molecule has 1 amide bonds. The van der Waals surface area contributed by atoms with Crippen molar-refractivity contribution >= 4 is 11.6 Å². The number of amides is 1. The maximum Gasteiger partial charge on any atom is 0.254 e. The van der Waals surface area contributed by atoms with Gasteiger partial charge < -0.3 is 10.6 Å². The summed E-state index contributed by atoms with van der Waals surface area (Å²) in [6, 6.07) is 2.87. The lowest BCUT2D eigenvalue weighted by atomic mass is 10.0. The molecule has 2 rings (SSSR count). The Kier molecular flexibility index (Phi) is 4.08. The minimum Gasteiger partial charge on any atom is -0.398 e. The molecule has 104 valence electrons. The Morgan fingerprint density at radius 3 is 2.79 bits per heavy atom. The van der Waals surface area contributed by atoms with Crippen molar-refractivity contribution in [1.82, 2.24) is 4.90 Å². The molecule has 0 bridgehead atoms. The maximum atomic E-state index is 13.7. The summed E-state index contributed by atoms with van der Waals surface area (Å²) >= 11 is 0. The van der Waals surface area contributed by atoms with Crippen LogP contribution in [0, 0.1) is 18.7 Å². The molecule has 0 aromatic heterocycles. The van der Waals surface area contributed by atoms with Crippen molar-refractivity contribution in [3.05, 3.63) is 29.1 Å². The van der Waals surface area contributed by atoms with Gasteiger partial charge in [0.2, 0.25) is 0 Å². The van der Waals surface area contributed by atoms with Gasteiger partial charge in [0.1, 0.15) is 5.82 Å². The van der Waals surface area contributed by atoms with Crippen LogP contribution in [0.2, 0.25) is 0 Å². The van der Waals surface area contributed by atoms with E-state index in [1.165, 1.54) is 6.07 Å². The van der Waals surface area contributed by atoms with E-state index in [2.05, 4.69) is 6.92 Å². The summed E-state index contributed by atoms with van der Waals surface area (Å²) in [5.41, 5.74) is 6.83. The van der Waals surface area contributed by atoms with Gasteiger partial charge in [0.15, 0.2) is 0 Å². The van der Waals surface area contributed by atoms with Crippen LogP contribution in [0.1, 0.15) is 42.1 Å². The zero-order chi connectivity index (χ0) is 14.0. The summed E-state index contributed by atoms with van der Waals surface area (Å²) in [6.45, 7) is 5.32. The first kappa shape index (κ1) is 13.8. The fraction of sp³-hybridized carbons (Fsp3) is 0.533. The van der Waals surface area contributed by atoms with E-state index in [-0.39, 0.29) is 5.91 Å². The normalized spacial score (nSPS) is 20.2. The largest absolute Gasteiger partial charge is 0.398 e. The number of hydrogen-bond acceptors (Lipinski definition) is 2. The number of rotatable bonds is 1. The predicted molar refractivity (Wildman–Crippen MR) is 74.5 cm³/mol. The Morgan fingerprint density at radius 1 is 1.37 bits per heavy atom. The lowest BCUT2D eigenvalue weighted by Gasteiger charge is -2.21. The number of nitrogen functional groups attached to an aromatic ring is 1. The summed E-state index contributed by atoms with van der Waals surface area (Å²) in [6.07, 6.45) is 3.17. The fourth-order valence-electron chi connectivity index (χ4n) is 2.47. The summed E-state index contributed by atoms with van der Waals surface area (Å²) in [4.78, 5) is 14.2. The van der Waals surface area contributed by atoms with E-state index in [1.54, 1.807) is 13.0 Å². The van der Waals surface area contributed by atoms with Gasteiger partial charge in [-0.05, 0) is 44.2 Å². The van der Waals surface area contributed by atoms with E-state index in [4.69, 9.17) is 5.73 Å². The molecule has 1 aliphatic heterocycles. The van der Waals surface area contributed by atoms with Crippen LogP contribution in [0.15, 0.2) is 12.1 Å². The number of likely N-dealkylation sites (tertiary alicyclic amines) is 1. The predicted octanol–water partition coefficient (Wildman–Crippen LogP) is 2.98. The van der Waals surface area contributed by atoms with Crippen molar-refractivity contribution in [3.8, 4) is 0 Å². The van der Waals surface area contributed by atoms with E-state index >= 15 is 0 Å². The minimum atomic E-state index is -0.411. The van der Waals surface area contributed by atoms with Gasteiger partial charge >= 0.3 is 0 Å². The highest BCUT2D eigenvalue weighted by Gasteiger charge is 2.21. The van der Waals surface area contributed by atoms with Crippen LogP contribution in [0.5, 0.6) is 0 Å². The zero-order valence-corrected chi connectivity index (χ0v) is 11.6. The molecule has 19 heavy (non-hydrogen) atoms. The van der Waals surface area contributed by atoms with Gasteiger partial charge in [-0.1, -0.05) is 6.92 Å². The Morgan fingerprint density at radius 2 is 2.11 bits per heavy atom. The van der Waals surface area contributed by atoms with E-state index in [9.17, 15) is 9.18 Å². The average molecular weight is 264 g/mol. The summed E-state index contributed by atoms with van der Waals surface area (Å²) in [5.74, 6) is 0.129. The quantitative estimate of drug-likeness (QED) is 0.793. The SMILES string of the molecule is Cc1c(N)cc(C(=O)N2CCCC(C)CC2)cc1F. The Hall–Kier alpha value is -1.58. The molecule has 1 aliphatic rings. The van der Waals surface area contributed by atoms with Gasteiger partial charge in [-0.2, -0.15) is 0 Å². The molecule has 0 aliphatic carbocycles. The first-order chi connectivity index (χ1) is 8.99. The van der Waals surface area contributed by atoms with Gasteiger partial charge in [-0.25, -0.2) is 4.39 Å². The second-order valence-corrected chi connectivity index (χ2v) is 5.50. The first-order valence-corrected chi connectivity index (χ1v) is 6.84. The second-order valence-electron chi connectivity index (χ2n) is 5.50. The lowest BCUT2D eigenvalue weighted by molar-refractivity contribution is 0.0760. The van der Waals surface area contributed by atoms with Crippen molar-refractivity contribution in [2.24, 2.45) is 5.92 Å². The average Bonchev–Trinajstić information content (AvgIpc) is 2.59. The van der Waals surface area contributed by atoms with E-state index < -0.39 is 5.82 Å². The number of carbonyl (C=O) groups is 1. The minimum absolute atomic E-state index is 0.111. The highest BCUT2D eigenvalue weighted by atomic mass is 19.1. The van der Waals surface area contributed by atoms with Crippen molar-refractivity contribution in [3.63, 3.8) is 0 Å². The summed E-state index contributed by atoms with van der Waals surface area (Å²) < 4.78 is 13.7. The van der Waals surface area contributed by atoms with Gasteiger partial charge in [-0.15, -0.1) is 0 Å². The molecule has 2 N–H and O–H groups in total. The number of nitrogens with two attached hydrogens (primary N) is 1. The second kappa shape index (κ2) is 5.59. The number of hydrogen-bond donors (Lipinski definition) is 1. The standard InChI is InChI=1S/C15H21FN2O/c1-10-4-3-6-18(7-5-10)15(19)12-8-13(16)11(2)14(17)9-12/h8-10H,3-7,17H2,1-2H3. The smallest absolute Gasteiger partial charge is 0.254 e. The topological polar surface area (TPSA) is 46.3 Å². The molecule has 3 nitrogen and oxygen atoms in total. The van der Waals surface area contributed by atoms with Crippen LogP contribution in [0.3, 0.4) is 0 Å². The molecule has 4 heteroatoms. The van der Waals surface area contributed by atoms with Gasteiger partial charge in [-0.3, -0.25) is 4.79 Å². The monoisotopic (exact) mass is 264 g/mol. The van der Waals surface area contributed by atoms with Crippen LogP contribution in [-0.4, -0.2) is 23.9 Å². The van der Waals surface area contributed by atoms with Crippen LogP contribution in [-0.2, 0) is 0 Å². The molecule has 1 fully saturated rings. The summed E-state index contributed by atoms with van der Waals surface area (Å²) in [7, 11) is 0. The van der Waals surface area contributed by atoms with Crippen molar-refractivity contribution in [1.29, 1.82) is 0 Å². The lowest BCUT2D eigenvalue weighted by Crippen LogP contribution is -2.32. The Balaban J connectivity index is 2.19. The molecule has 1 heterocycles. The molecular weight excluding hydrogens is 243 g/mol. The van der Waals surface area contributed by atoms with Crippen LogP contribution in [0.25, 0.3) is 0 Å². The third kappa shape index (κ3) is 3.06. The van der Waals surface area contributed by atoms with Gasteiger partial charge in [0.25, 0.3) is 5.91 Å². The van der Waals surface area contributed by atoms with Crippen molar-refractivity contribution < 1.29 is 9.18 Å². The molecule has 1 atom stereocenters.